The summed E-state index contributed by atoms with van der Waals surface area (Å²) in [6, 6.07) is 4.60. The van der Waals surface area contributed by atoms with Gasteiger partial charge in [-0.2, -0.15) is 4.98 Å². The summed E-state index contributed by atoms with van der Waals surface area (Å²) in [5, 5.41) is 0.640. The summed E-state index contributed by atoms with van der Waals surface area (Å²) in [6.07, 6.45) is -0.377. The molecule has 0 bridgehead atoms. The van der Waals surface area contributed by atoms with Gasteiger partial charge in [-0.1, -0.05) is 11.6 Å². The molecule has 14 heteroatoms. The summed E-state index contributed by atoms with van der Waals surface area (Å²) in [5.41, 5.74) is 0.934. The zero-order valence-corrected chi connectivity index (χ0v) is 25.4. The lowest BCUT2D eigenvalue weighted by atomic mass is 10.2. The fourth-order valence-corrected chi connectivity index (χ4v) is 5.37. The number of hydrogen-bond acceptors (Lipinski definition) is 7. The van der Waals surface area contributed by atoms with Gasteiger partial charge in [-0.15, -0.1) is 0 Å². The normalized spacial score (nSPS) is 16.1. The number of amides is 1. The minimum absolute atomic E-state index is 0.129. The standard InChI is InChI=1S/C17H20BrF2N3O3.C7H3BrClNOS/c1-9-8-22(16(24)26-17(2,3)4)5-6-23(9)15-21-13-12(20)11(19)7-10(18)14(13)25-15;8-4-1-3(9)2-5-6(4)11-7(12)10-5/h7,9H,5-6,8H2,1-4H3;1-2H,(H,10,12)/t9-;/m0./s1. The van der Waals surface area contributed by atoms with Crippen molar-refractivity contribution in [3.63, 3.8) is 0 Å². The van der Waals surface area contributed by atoms with Gasteiger partial charge in [0.05, 0.1) is 14.5 Å². The van der Waals surface area contributed by atoms with Crippen molar-refractivity contribution in [1.29, 1.82) is 0 Å². The van der Waals surface area contributed by atoms with Gasteiger partial charge in [0, 0.05) is 30.7 Å². The van der Waals surface area contributed by atoms with E-state index in [1.807, 2.05) is 32.6 Å². The quantitative estimate of drug-likeness (QED) is 0.159. The minimum atomic E-state index is -1.04. The first-order chi connectivity index (χ1) is 17.7. The molecule has 1 amide bonds. The monoisotopic (exact) mass is 694 g/mol. The summed E-state index contributed by atoms with van der Waals surface area (Å²) >= 11 is 17.1. The number of halogens is 5. The van der Waals surface area contributed by atoms with Gasteiger partial charge in [0.1, 0.15) is 5.60 Å². The second kappa shape index (κ2) is 11.1. The molecule has 5 rings (SSSR count). The number of benzene rings is 2. The van der Waals surface area contributed by atoms with Crippen molar-refractivity contribution in [3.8, 4) is 0 Å². The van der Waals surface area contributed by atoms with Crippen LogP contribution in [0.1, 0.15) is 27.7 Å². The highest BCUT2D eigenvalue weighted by Gasteiger charge is 2.32. The lowest BCUT2D eigenvalue weighted by molar-refractivity contribution is 0.0216. The van der Waals surface area contributed by atoms with Crippen LogP contribution < -0.4 is 4.90 Å². The van der Waals surface area contributed by atoms with Gasteiger partial charge < -0.3 is 28.4 Å². The Hall–Kier alpha value is -2.22. The Balaban J connectivity index is 0.000000232. The number of carbonyl (C=O) groups is 1. The highest BCUT2D eigenvalue weighted by Crippen LogP contribution is 2.33. The van der Waals surface area contributed by atoms with E-state index in [-0.39, 0.29) is 29.2 Å². The van der Waals surface area contributed by atoms with Crippen molar-refractivity contribution in [3.05, 3.63) is 48.6 Å². The fraction of sp³-hybridized carbons (Fsp3) is 0.375. The van der Waals surface area contributed by atoms with Crippen LogP contribution in [-0.2, 0) is 4.74 Å². The van der Waals surface area contributed by atoms with Gasteiger partial charge in [-0.05, 0) is 90.0 Å². The Morgan fingerprint density at radius 1 is 1.18 bits per heavy atom. The van der Waals surface area contributed by atoms with Crippen LogP contribution in [0.3, 0.4) is 0 Å². The third-order valence-electron chi connectivity index (χ3n) is 5.47. The van der Waals surface area contributed by atoms with Crippen LogP contribution in [0.2, 0.25) is 5.02 Å². The van der Waals surface area contributed by atoms with E-state index in [9.17, 15) is 13.6 Å². The number of carbonyl (C=O) groups excluding carboxylic acids is 1. The maximum absolute atomic E-state index is 14.0. The van der Waals surface area contributed by atoms with Crippen molar-refractivity contribution >= 4 is 90.0 Å². The first-order valence-electron chi connectivity index (χ1n) is 11.4. The number of rotatable bonds is 1. The fourth-order valence-electron chi connectivity index (χ4n) is 3.81. The molecule has 0 aliphatic carbocycles. The first kappa shape index (κ1) is 28.8. The van der Waals surface area contributed by atoms with E-state index >= 15 is 0 Å². The highest BCUT2D eigenvalue weighted by molar-refractivity contribution is 9.11. The number of fused-ring (bicyclic) bond motifs is 2. The molecule has 0 spiro atoms. The molecule has 38 heavy (non-hydrogen) atoms. The Bertz CT molecular complexity index is 1570. The molecule has 8 nitrogen and oxygen atoms in total. The SMILES string of the molecule is C[C@H]1CN(C(=O)OC(C)(C)C)CCN1c1nc2c(F)c(F)cc(Br)c2o1.S=c1[nH]c2cc(Cl)cc(Br)c2o1. The number of nitrogens with one attached hydrogen (secondary N) is 1. The smallest absolute Gasteiger partial charge is 0.410 e. The van der Waals surface area contributed by atoms with Crippen molar-refractivity contribution in [2.75, 3.05) is 24.5 Å². The van der Waals surface area contributed by atoms with Gasteiger partial charge >= 0.3 is 6.09 Å². The Morgan fingerprint density at radius 2 is 1.87 bits per heavy atom. The number of ether oxygens (including phenoxy) is 1. The molecule has 2 aromatic carbocycles. The summed E-state index contributed by atoms with van der Waals surface area (Å²) in [5.74, 6) is -2.04. The van der Waals surface area contributed by atoms with E-state index in [4.69, 9.17) is 37.4 Å². The summed E-state index contributed by atoms with van der Waals surface area (Å²) < 4.78 is 44.9. The largest absolute Gasteiger partial charge is 0.444 e. The van der Waals surface area contributed by atoms with Crippen LogP contribution in [0, 0.1) is 16.5 Å². The Morgan fingerprint density at radius 3 is 2.53 bits per heavy atom. The third-order valence-corrected chi connectivity index (χ3v) is 7.05. The molecule has 1 saturated heterocycles. The summed E-state index contributed by atoms with van der Waals surface area (Å²) in [7, 11) is 0. The topological polar surface area (TPSA) is 87.7 Å². The van der Waals surface area contributed by atoms with Gasteiger partial charge in [-0.3, -0.25) is 0 Å². The van der Waals surface area contributed by atoms with E-state index in [0.29, 0.717) is 39.6 Å². The Labute approximate surface area is 243 Å². The second-order valence-corrected chi connectivity index (χ2v) is 12.1. The van der Waals surface area contributed by atoms with Gasteiger partial charge in [0.2, 0.25) is 0 Å². The molecule has 0 radical (unpaired) electrons. The van der Waals surface area contributed by atoms with Gasteiger partial charge in [0.25, 0.3) is 10.9 Å². The highest BCUT2D eigenvalue weighted by atomic mass is 79.9. The third kappa shape index (κ3) is 6.32. The van der Waals surface area contributed by atoms with E-state index in [1.165, 1.54) is 0 Å². The first-order valence-corrected chi connectivity index (χ1v) is 13.8. The molecule has 3 heterocycles. The molecule has 1 fully saturated rings. The average Bonchev–Trinajstić information content (AvgIpc) is 3.41. The zero-order chi connectivity index (χ0) is 27.9. The Kier molecular flexibility index (Phi) is 8.41. The van der Waals surface area contributed by atoms with Crippen molar-refractivity contribution < 1.29 is 27.1 Å². The van der Waals surface area contributed by atoms with Crippen LogP contribution >= 0.6 is 55.7 Å². The molecule has 4 aromatic rings. The van der Waals surface area contributed by atoms with E-state index in [1.54, 1.807) is 17.0 Å². The zero-order valence-electron chi connectivity index (χ0n) is 20.7. The van der Waals surface area contributed by atoms with Crippen LogP contribution in [0.25, 0.3) is 22.2 Å². The maximum atomic E-state index is 14.0. The maximum Gasteiger partial charge on any atom is 0.410 e. The van der Waals surface area contributed by atoms with Crippen molar-refractivity contribution in [2.24, 2.45) is 0 Å². The van der Waals surface area contributed by atoms with E-state index in [0.717, 1.165) is 16.1 Å². The molecule has 1 atom stereocenters. The second-order valence-electron chi connectivity index (χ2n) is 9.58. The molecule has 0 unspecified atom stereocenters. The van der Waals surface area contributed by atoms with E-state index < -0.39 is 17.2 Å². The molecule has 204 valence electrons. The number of piperazine rings is 1. The average molecular weight is 697 g/mol. The van der Waals surface area contributed by atoms with Crippen LogP contribution in [0.15, 0.2) is 36.0 Å². The van der Waals surface area contributed by atoms with Crippen molar-refractivity contribution in [2.45, 2.75) is 39.3 Å². The number of H-pyrrole nitrogens is 1. The van der Waals surface area contributed by atoms with Crippen LogP contribution in [0.5, 0.6) is 0 Å². The molecule has 1 N–H and O–H groups in total. The molecule has 0 saturated carbocycles. The van der Waals surface area contributed by atoms with Crippen LogP contribution in [-0.4, -0.2) is 52.2 Å². The lowest BCUT2D eigenvalue weighted by Gasteiger charge is -2.39. The predicted molar refractivity (Wildman–Crippen MR) is 150 cm³/mol. The summed E-state index contributed by atoms with van der Waals surface area (Å²) in [4.78, 5) is 23.0. The molecule has 1 aliphatic rings. The number of anilines is 1. The molecule has 2 aromatic heterocycles. The number of nitrogens with zero attached hydrogens (tertiary/aromatic N) is 3. The van der Waals surface area contributed by atoms with Crippen LogP contribution in [0.4, 0.5) is 19.6 Å². The summed E-state index contributed by atoms with van der Waals surface area (Å²) in [6.45, 7) is 8.60. The van der Waals surface area contributed by atoms with E-state index in [2.05, 4.69) is 41.8 Å². The molecule has 1 aliphatic heterocycles. The van der Waals surface area contributed by atoms with Gasteiger partial charge in [0.15, 0.2) is 28.3 Å². The number of aromatic amines is 1. The number of aromatic nitrogens is 2. The van der Waals surface area contributed by atoms with Crippen molar-refractivity contribution in [1.82, 2.24) is 14.9 Å². The predicted octanol–water partition coefficient (Wildman–Crippen LogP) is 8.22. The molecular weight excluding hydrogens is 674 g/mol. The van der Waals surface area contributed by atoms with Gasteiger partial charge in [-0.25, -0.2) is 13.6 Å². The number of oxazole rings is 2. The minimum Gasteiger partial charge on any atom is -0.444 e. The molecular formula is C24H23Br2ClF2N4O4S. The number of hydrogen-bond donors (Lipinski definition) is 1. The lowest BCUT2D eigenvalue weighted by Crippen LogP contribution is -2.54.